The maximum absolute atomic E-state index is 12.1. The van der Waals surface area contributed by atoms with Crippen molar-refractivity contribution < 1.29 is 4.79 Å². The number of hydrogen-bond acceptors (Lipinski definition) is 4. The Morgan fingerprint density at radius 3 is 2.84 bits per heavy atom. The highest BCUT2D eigenvalue weighted by molar-refractivity contribution is 9.10. The summed E-state index contributed by atoms with van der Waals surface area (Å²) in [4.78, 5) is 16.3. The van der Waals surface area contributed by atoms with Crippen LogP contribution in [-0.4, -0.2) is 10.9 Å². The molecule has 0 bridgehead atoms. The molecule has 4 nitrogen and oxygen atoms in total. The number of carbonyl (C=O) groups is 1. The quantitative estimate of drug-likeness (QED) is 0.899. The predicted octanol–water partition coefficient (Wildman–Crippen LogP) is 3.49. The Morgan fingerprint density at radius 1 is 1.53 bits per heavy atom. The van der Waals surface area contributed by atoms with Gasteiger partial charge in [0.2, 0.25) is 0 Å². The van der Waals surface area contributed by atoms with Crippen molar-refractivity contribution in [3.8, 4) is 0 Å². The summed E-state index contributed by atoms with van der Waals surface area (Å²) in [7, 11) is 0. The molecule has 2 aromatic rings. The van der Waals surface area contributed by atoms with Crippen LogP contribution in [0.15, 0.2) is 28.1 Å². The molecule has 1 unspecified atom stereocenters. The summed E-state index contributed by atoms with van der Waals surface area (Å²) in [5.41, 5.74) is 7.91. The number of nitrogens with one attached hydrogen (secondary N) is 1. The van der Waals surface area contributed by atoms with Crippen LogP contribution < -0.4 is 11.1 Å². The van der Waals surface area contributed by atoms with Crippen LogP contribution in [0, 0.1) is 6.92 Å². The van der Waals surface area contributed by atoms with Gasteiger partial charge in [0.15, 0.2) is 0 Å². The van der Waals surface area contributed by atoms with E-state index in [0.29, 0.717) is 5.69 Å². The van der Waals surface area contributed by atoms with E-state index in [2.05, 4.69) is 26.2 Å². The zero-order chi connectivity index (χ0) is 14.0. The van der Waals surface area contributed by atoms with Gasteiger partial charge in [-0.15, -0.1) is 11.3 Å². The first kappa shape index (κ1) is 14.2. The average Bonchev–Trinajstić information content (AvgIpc) is 2.82. The van der Waals surface area contributed by atoms with E-state index >= 15 is 0 Å². The van der Waals surface area contributed by atoms with Crippen LogP contribution in [-0.2, 0) is 0 Å². The fourth-order valence-corrected chi connectivity index (χ4v) is 2.79. The number of aromatic nitrogens is 1. The maximum atomic E-state index is 12.1. The van der Waals surface area contributed by atoms with Gasteiger partial charge in [0.25, 0.3) is 5.91 Å². The molecule has 1 amide bonds. The van der Waals surface area contributed by atoms with Gasteiger partial charge in [-0.05, 0) is 37.6 Å². The molecule has 2 rings (SSSR count). The van der Waals surface area contributed by atoms with E-state index in [-0.39, 0.29) is 11.9 Å². The zero-order valence-corrected chi connectivity index (χ0v) is 13.0. The van der Waals surface area contributed by atoms with Crippen molar-refractivity contribution in [3.63, 3.8) is 0 Å². The third kappa shape index (κ3) is 3.40. The summed E-state index contributed by atoms with van der Waals surface area (Å²) in [5, 5.41) is 5.34. The van der Waals surface area contributed by atoms with Gasteiger partial charge in [-0.2, -0.15) is 0 Å². The molecule has 0 aliphatic carbocycles. The summed E-state index contributed by atoms with van der Waals surface area (Å²) < 4.78 is 0.982. The monoisotopic (exact) mass is 339 g/mol. The van der Waals surface area contributed by atoms with Crippen molar-refractivity contribution in [1.29, 1.82) is 0 Å². The van der Waals surface area contributed by atoms with E-state index in [1.54, 1.807) is 5.38 Å². The molecule has 0 aliphatic rings. The number of aryl methyl sites for hydroxylation is 1. The molecule has 1 atom stereocenters. The lowest BCUT2D eigenvalue weighted by Gasteiger charge is -2.07. The normalized spacial score (nSPS) is 12.2. The summed E-state index contributed by atoms with van der Waals surface area (Å²) >= 11 is 4.79. The third-order valence-electron chi connectivity index (χ3n) is 2.58. The van der Waals surface area contributed by atoms with Gasteiger partial charge >= 0.3 is 0 Å². The Balaban J connectivity index is 2.16. The minimum atomic E-state index is -0.214. The second kappa shape index (κ2) is 5.81. The van der Waals surface area contributed by atoms with Crippen LogP contribution in [0.25, 0.3) is 0 Å². The van der Waals surface area contributed by atoms with Crippen molar-refractivity contribution >= 4 is 38.9 Å². The second-order valence-electron chi connectivity index (χ2n) is 4.27. The fraction of sp³-hybridized carbons (Fsp3) is 0.231. The number of hydrogen-bond donors (Lipinski definition) is 2. The SMILES string of the molecule is Cc1cc(Br)ccc1NC(=O)c1csc(C(C)N)n1. The fourth-order valence-electron chi connectivity index (χ4n) is 1.55. The zero-order valence-electron chi connectivity index (χ0n) is 10.6. The largest absolute Gasteiger partial charge is 0.322 e. The van der Waals surface area contributed by atoms with Crippen LogP contribution in [0.3, 0.4) is 0 Å². The van der Waals surface area contributed by atoms with Crippen LogP contribution in [0.4, 0.5) is 5.69 Å². The van der Waals surface area contributed by atoms with Gasteiger partial charge in [0.05, 0.1) is 6.04 Å². The average molecular weight is 340 g/mol. The number of nitrogens with two attached hydrogens (primary N) is 1. The number of carbonyl (C=O) groups excluding carboxylic acids is 1. The van der Waals surface area contributed by atoms with Crippen LogP contribution in [0.2, 0.25) is 0 Å². The Labute approximate surface area is 124 Å². The van der Waals surface area contributed by atoms with E-state index in [4.69, 9.17) is 5.73 Å². The molecule has 0 saturated heterocycles. The summed E-state index contributed by atoms with van der Waals surface area (Å²) in [6.07, 6.45) is 0. The first-order chi connectivity index (χ1) is 8.97. The molecular formula is C13H14BrN3OS. The summed E-state index contributed by atoms with van der Waals surface area (Å²) in [5.74, 6) is -0.214. The van der Waals surface area contributed by atoms with E-state index in [1.165, 1.54) is 11.3 Å². The maximum Gasteiger partial charge on any atom is 0.275 e. The molecule has 0 aliphatic heterocycles. The molecule has 100 valence electrons. The topological polar surface area (TPSA) is 68.0 Å². The van der Waals surface area contributed by atoms with E-state index in [9.17, 15) is 4.79 Å². The standard InChI is InChI=1S/C13H14BrN3OS/c1-7-5-9(14)3-4-10(7)16-12(18)11-6-19-13(17-11)8(2)15/h3-6,8H,15H2,1-2H3,(H,16,18). The number of benzene rings is 1. The van der Waals surface area contributed by atoms with Crippen molar-refractivity contribution in [2.75, 3.05) is 5.32 Å². The molecule has 1 aromatic heterocycles. The number of rotatable bonds is 3. The minimum Gasteiger partial charge on any atom is -0.322 e. The highest BCUT2D eigenvalue weighted by Crippen LogP contribution is 2.21. The number of halogens is 1. The van der Waals surface area contributed by atoms with E-state index in [0.717, 1.165) is 20.7 Å². The molecule has 6 heteroatoms. The van der Waals surface area contributed by atoms with Gasteiger partial charge in [-0.1, -0.05) is 15.9 Å². The van der Waals surface area contributed by atoms with Crippen molar-refractivity contribution in [2.24, 2.45) is 5.73 Å². The number of anilines is 1. The van der Waals surface area contributed by atoms with E-state index < -0.39 is 0 Å². The number of thiazole rings is 1. The summed E-state index contributed by atoms with van der Waals surface area (Å²) in [6.45, 7) is 3.79. The van der Waals surface area contributed by atoms with Crippen LogP contribution in [0.5, 0.6) is 0 Å². The minimum absolute atomic E-state index is 0.152. The molecule has 0 fully saturated rings. The lowest BCUT2D eigenvalue weighted by Crippen LogP contribution is -2.14. The van der Waals surface area contributed by atoms with Gasteiger partial charge in [0, 0.05) is 15.5 Å². The molecule has 0 saturated carbocycles. The summed E-state index contributed by atoms with van der Waals surface area (Å²) in [6, 6.07) is 5.54. The molecule has 0 radical (unpaired) electrons. The second-order valence-corrected chi connectivity index (χ2v) is 6.08. The molecule has 3 N–H and O–H groups in total. The van der Waals surface area contributed by atoms with Crippen molar-refractivity contribution in [1.82, 2.24) is 4.98 Å². The molecule has 1 heterocycles. The Kier molecular flexibility index (Phi) is 4.34. The first-order valence-electron chi connectivity index (χ1n) is 5.76. The Bertz CT molecular complexity index is 610. The third-order valence-corrected chi connectivity index (χ3v) is 4.12. The van der Waals surface area contributed by atoms with Gasteiger partial charge in [0.1, 0.15) is 10.7 Å². The van der Waals surface area contributed by atoms with Crippen LogP contribution in [0.1, 0.15) is 34.0 Å². The van der Waals surface area contributed by atoms with Gasteiger partial charge in [-0.25, -0.2) is 4.98 Å². The Morgan fingerprint density at radius 2 is 2.26 bits per heavy atom. The smallest absolute Gasteiger partial charge is 0.275 e. The molecule has 0 spiro atoms. The van der Waals surface area contributed by atoms with Gasteiger partial charge < -0.3 is 11.1 Å². The van der Waals surface area contributed by atoms with E-state index in [1.807, 2.05) is 32.0 Å². The number of amides is 1. The number of nitrogens with zero attached hydrogens (tertiary/aromatic N) is 1. The van der Waals surface area contributed by atoms with Crippen LogP contribution >= 0.6 is 27.3 Å². The predicted molar refractivity (Wildman–Crippen MR) is 81.5 cm³/mol. The lowest BCUT2D eigenvalue weighted by molar-refractivity contribution is 0.102. The van der Waals surface area contributed by atoms with Gasteiger partial charge in [-0.3, -0.25) is 4.79 Å². The molecular weight excluding hydrogens is 326 g/mol. The Hall–Kier alpha value is -1.24. The highest BCUT2D eigenvalue weighted by atomic mass is 79.9. The van der Waals surface area contributed by atoms with Crippen molar-refractivity contribution in [3.05, 3.63) is 44.3 Å². The molecule has 1 aromatic carbocycles. The molecule has 19 heavy (non-hydrogen) atoms. The highest BCUT2D eigenvalue weighted by Gasteiger charge is 2.13. The lowest BCUT2D eigenvalue weighted by atomic mass is 10.2. The van der Waals surface area contributed by atoms with Crippen molar-refractivity contribution in [2.45, 2.75) is 19.9 Å². The first-order valence-corrected chi connectivity index (χ1v) is 7.43.